The fourth-order valence-electron chi connectivity index (χ4n) is 0.664. The van der Waals surface area contributed by atoms with E-state index < -0.39 is 6.03 Å². The molecule has 0 aliphatic heterocycles. The predicted octanol–water partition coefficient (Wildman–Crippen LogP) is 1.65. The van der Waals surface area contributed by atoms with Crippen LogP contribution in [0.2, 0.25) is 0 Å². The molecule has 6 nitrogen and oxygen atoms in total. The number of hydrogen-bond acceptors (Lipinski definition) is 4. The third kappa shape index (κ3) is 3.36. The number of carbonyl (C=O) groups is 1. The van der Waals surface area contributed by atoms with E-state index in [4.69, 9.17) is 0 Å². The lowest BCUT2D eigenvalue weighted by molar-refractivity contribution is 0.223. The standard InChI is InChI=1S/C7H8N4O2.ClH/c1-11(10-13)7(12)9-6-4-2-3-5-8-6;/h2-5H,1H3,(H,8,9,12);1H. The first-order valence-electron chi connectivity index (χ1n) is 3.53. The van der Waals surface area contributed by atoms with Crippen LogP contribution in [0, 0.1) is 4.91 Å². The van der Waals surface area contributed by atoms with Crippen LogP contribution >= 0.6 is 12.4 Å². The van der Waals surface area contributed by atoms with Crippen LogP contribution in [0.3, 0.4) is 0 Å². The summed E-state index contributed by atoms with van der Waals surface area (Å²) >= 11 is 0. The van der Waals surface area contributed by atoms with Crippen molar-refractivity contribution in [2.75, 3.05) is 12.4 Å². The van der Waals surface area contributed by atoms with Crippen LogP contribution < -0.4 is 5.32 Å². The van der Waals surface area contributed by atoms with Crippen molar-refractivity contribution < 1.29 is 4.79 Å². The summed E-state index contributed by atoms with van der Waals surface area (Å²) in [5.41, 5.74) is 0. The number of anilines is 1. The maximum atomic E-state index is 11.0. The Labute approximate surface area is 86.7 Å². The number of nitrogens with zero attached hydrogens (tertiary/aromatic N) is 3. The summed E-state index contributed by atoms with van der Waals surface area (Å²) in [6, 6.07) is 4.43. The van der Waals surface area contributed by atoms with Gasteiger partial charge in [-0.2, -0.15) is 5.01 Å². The second kappa shape index (κ2) is 5.87. The summed E-state index contributed by atoms with van der Waals surface area (Å²) in [6.07, 6.45) is 1.53. The maximum Gasteiger partial charge on any atom is 0.345 e. The molecule has 1 N–H and O–H groups in total. The molecule has 0 aromatic carbocycles. The Hall–Kier alpha value is -1.69. The zero-order chi connectivity index (χ0) is 9.68. The Morgan fingerprint density at radius 1 is 1.57 bits per heavy atom. The lowest BCUT2D eigenvalue weighted by Crippen LogP contribution is -2.26. The van der Waals surface area contributed by atoms with Crippen molar-refractivity contribution in [3.63, 3.8) is 0 Å². The average molecular weight is 217 g/mol. The number of halogens is 1. The van der Waals surface area contributed by atoms with E-state index in [1.807, 2.05) is 0 Å². The van der Waals surface area contributed by atoms with Gasteiger partial charge in [-0.25, -0.2) is 9.78 Å². The molecule has 0 aliphatic carbocycles. The van der Waals surface area contributed by atoms with Crippen molar-refractivity contribution in [2.24, 2.45) is 5.29 Å². The van der Waals surface area contributed by atoms with Crippen LogP contribution in [0.1, 0.15) is 0 Å². The molecule has 14 heavy (non-hydrogen) atoms. The van der Waals surface area contributed by atoms with Gasteiger partial charge in [0, 0.05) is 13.2 Å². The molecule has 1 aromatic heterocycles. The van der Waals surface area contributed by atoms with E-state index in [-0.39, 0.29) is 12.4 Å². The van der Waals surface area contributed by atoms with E-state index in [0.717, 1.165) is 0 Å². The van der Waals surface area contributed by atoms with E-state index in [1.165, 1.54) is 13.2 Å². The number of urea groups is 1. The zero-order valence-corrected chi connectivity index (χ0v) is 8.19. The smallest absolute Gasteiger partial charge is 0.291 e. The van der Waals surface area contributed by atoms with Crippen molar-refractivity contribution in [3.05, 3.63) is 29.3 Å². The number of pyridine rings is 1. The highest BCUT2D eigenvalue weighted by Gasteiger charge is 2.07. The molecule has 0 aliphatic rings. The highest BCUT2D eigenvalue weighted by Crippen LogP contribution is 2.00. The molecule has 0 atom stereocenters. The van der Waals surface area contributed by atoms with Gasteiger partial charge in [-0.05, 0) is 12.1 Å². The number of nitrogens with one attached hydrogen (secondary N) is 1. The summed E-state index contributed by atoms with van der Waals surface area (Å²) < 4.78 is 0. The minimum Gasteiger partial charge on any atom is -0.291 e. The number of nitroso groups, excluding NO2 is 1. The van der Waals surface area contributed by atoms with Crippen LogP contribution in [0.15, 0.2) is 29.7 Å². The van der Waals surface area contributed by atoms with Crippen molar-refractivity contribution in [2.45, 2.75) is 0 Å². The third-order valence-electron chi connectivity index (χ3n) is 1.32. The zero-order valence-electron chi connectivity index (χ0n) is 7.38. The van der Waals surface area contributed by atoms with Crippen molar-refractivity contribution >= 4 is 24.3 Å². The molecule has 1 rings (SSSR count). The fourth-order valence-corrected chi connectivity index (χ4v) is 0.664. The number of carbonyl (C=O) groups excluding carboxylic acids is 1. The topological polar surface area (TPSA) is 74.7 Å². The Bertz CT molecular complexity index is 306. The second-order valence-electron chi connectivity index (χ2n) is 2.25. The summed E-state index contributed by atoms with van der Waals surface area (Å²) in [5, 5.41) is 5.45. The molecule has 7 heteroatoms. The average Bonchev–Trinajstić information content (AvgIpc) is 2.18. The summed E-state index contributed by atoms with van der Waals surface area (Å²) in [7, 11) is 1.26. The SMILES string of the molecule is CN(N=O)C(=O)Nc1ccccn1.Cl. The second-order valence-corrected chi connectivity index (χ2v) is 2.25. The van der Waals surface area contributed by atoms with Crippen LogP contribution in [0.25, 0.3) is 0 Å². The minimum absolute atomic E-state index is 0. The van der Waals surface area contributed by atoms with Crippen molar-refractivity contribution in [1.82, 2.24) is 9.99 Å². The van der Waals surface area contributed by atoms with E-state index in [0.29, 0.717) is 10.8 Å². The predicted molar refractivity (Wildman–Crippen MR) is 54.1 cm³/mol. The van der Waals surface area contributed by atoms with Gasteiger partial charge in [0.2, 0.25) is 0 Å². The molecule has 0 unspecified atom stereocenters. The first-order chi connectivity index (χ1) is 6.24. The molecule has 0 fully saturated rings. The van der Waals surface area contributed by atoms with Gasteiger partial charge >= 0.3 is 6.03 Å². The lowest BCUT2D eigenvalue weighted by atomic mass is 10.5. The monoisotopic (exact) mass is 216 g/mol. The quantitative estimate of drug-likeness (QED) is 0.603. The summed E-state index contributed by atoms with van der Waals surface area (Å²) in [6.45, 7) is 0. The molecular weight excluding hydrogens is 208 g/mol. The van der Waals surface area contributed by atoms with Gasteiger partial charge < -0.3 is 0 Å². The molecule has 1 heterocycles. The van der Waals surface area contributed by atoms with Crippen LogP contribution in [0.4, 0.5) is 10.6 Å². The van der Waals surface area contributed by atoms with E-state index in [9.17, 15) is 9.70 Å². The minimum atomic E-state index is -0.617. The largest absolute Gasteiger partial charge is 0.345 e. The summed E-state index contributed by atoms with van der Waals surface area (Å²) in [5.74, 6) is 0.378. The Morgan fingerprint density at radius 3 is 2.79 bits per heavy atom. The van der Waals surface area contributed by atoms with E-state index in [2.05, 4.69) is 15.6 Å². The van der Waals surface area contributed by atoms with Crippen LogP contribution in [-0.4, -0.2) is 23.1 Å². The van der Waals surface area contributed by atoms with Crippen LogP contribution in [-0.2, 0) is 0 Å². The van der Waals surface area contributed by atoms with Crippen LogP contribution in [0.5, 0.6) is 0 Å². The highest BCUT2D eigenvalue weighted by molar-refractivity contribution is 5.87. The fraction of sp³-hybridized carbons (Fsp3) is 0.143. The van der Waals surface area contributed by atoms with Gasteiger partial charge in [0.1, 0.15) is 5.82 Å². The number of aromatic nitrogens is 1. The van der Waals surface area contributed by atoms with Gasteiger partial charge in [0.05, 0.1) is 5.29 Å². The van der Waals surface area contributed by atoms with E-state index >= 15 is 0 Å². The molecule has 0 bridgehead atoms. The number of rotatable bonds is 2. The Kier molecular flexibility index (Phi) is 5.16. The molecule has 0 radical (unpaired) electrons. The first-order valence-corrected chi connectivity index (χ1v) is 3.53. The molecule has 2 amide bonds. The van der Waals surface area contributed by atoms with Gasteiger partial charge in [0.25, 0.3) is 0 Å². The van der Waals surface area contributed by atoms with Crippen molar-refractivity contribution in [1.29, 1.82) is 0 Å². The summed E-state index contributed by atoms with van der Waals surface area (Å²) in [4.78, 5) is 24.8. The highest BCUT2D eigenvalue weighted by atomic mass is 35.5. The number of amides is 2. The van der Waals surface area contributed by atoms with Gasteiger partial charge in [0.15, 0.2) is 0 Å². The first kappa shape index (κ1) is 12.3. The number of hydrogen-bond donors (Lipinski definition) is 1. The third-order valence-corrected chi connectivity index (χ3v) is 1.32. The lowest BCUT2D eigenvalue weighted by Gasteiger charge is -2.07. The molecular formula is C7H9ClN4O2. The Morgan fingerprint density at radius 2 is 2.29 bits per heavy atom. The van der Waals surface area contributed by atoms with Gasteiger partial charge in [-0.3, -0.25) is 5.32 Å². The molecule has 0 spiro atoms. The molecule has 1 aromatic rings. The van der Waals surface area contributed by atoms with E-state index in [1.54, 1.807) is 18.2 Å². The normalized spacial score (nSPS) is 8.36. The maximum absolute atomic E-state index is 11.0. The molecule has 0 saturated carbocycles. The Balaban J connectivity index is 0.00000169. The molecule has 0 saturated heterocycles. The van der Waals surface area contributed by atoms with Gasteiger partial charge in [-0.15, -0.1) is 17.3 Å². The van der Waals surface area contributed by atoms with Crippen molar-refractivity contribution in [3.8, 4) is 0 Å². The van der Waals surface area contributed by atoms with Gasteiger partial charge in [-0.1, -0.05) is 6.07 Å². The molecule has 76 valence electrons.